The van der Waals surface area contributed by atoms with Gasteiger partial charge in [-0.1, -0.05) is 49.6 Å². The van der Waals surface area contributed by atoms with E-state index < -0.39 is 11.9 Å². The molecule has 1 atom stereocenters. The van der Waals surface area contributed by atoms with Crippen LogP contribution in [0.25, 0.3) is 0 Å². The van der Waals surface area contributed by atoms with Crippen LogP contribution in [-0.4, -0.2) is 42.4 Å². The summed E-state index contributed by atoms with van der Waals surface area (Å²) in [5, 5.41) is 3.22. The lowest BCUT2D eigenvalue weighted by atomic mass is 9.93. The maximum Gasteiger partial charge on any atom is 0.248 e. The number of benzene rings is 2. The minimum atomic E-state index is -0.856. The molecule has 0 aromatic heterocycles. The van der Waals surface area contributed by atoms with Gasteiger partial charge in [-0.2, -0.15) is 0 Å². The number of carbonyl (C=O) groups excluding carboxylic acids is 2. The van der Waals surface area contributed by atoms with Crippen LogP contribution in [0, 0.1) is 12.7 Å². The molecule has 6 heteroatoms. The van der Waals surface area contributed by atoms with Gasteiger partial charge in [0.1, 0.15) is 11.9 Å². The summed E-state index contributed by atoms with van der Waals surface area (Å²) < 4.78 is 14.3. The summed E-state index contributed by atoms with van der Waals surface area (Å²) in [4.78, 5) is 31.1. The summed E-state index contributed by atoms with van der Waals surface area (Å²) >= 11 is 0. The Hall–Kier alpha value is -2.73. The SMILES string of the molecule is Cc1ccccc1C(C(=O)NC1CCCCC1)N(C(=O)CN1CCCC1)c1cccc(F)c1. The van der Waals surface area contributed by atoms with Gasteiger partial charge in [0, 0.05) is 11.7 Å². The third kappa shape index (κ3) is 5.80. The number of nitrogens with zero attached hydrogens (tertiary/aromatic N) is 2. The Labute approximate surface area is 196 Å². The molecule has 2 fully saturated rings. The first-order valence-corrected chi connectivity index (χ1v) is 12.2. The first kappa shape index (κ1) is 23.4. The van der Waals surface area contributed by atoms with Gasteiger partial charge in [0.25, 0.3) is 0 Å². The highest BCUT2D eigenvalue weighted by Gasteiger charge is 2.35. The number of halogens is 1. The summed E-state index contributed by atoms with van der Waals surface area (Å²) in [7, 11) is 0. The fourth-order valence-corrected chi connectivity index (χ4v) is 5.09. The predicted octanol–water partition coefficient (Wildman–Crippen LogP) is 4.75. The van der Waals surface area contributed by atoms with E-state index in [9.17, 15) is 14.0 Å². The number of nitrogens with one attached hydrogen (secondary N) is 1. The molecule has 2 aromatic rings. The van der Waals surface area contributed by atoms with Crippen LogP contribution < -0.4 is 10.2 Å². The Morgan fingerprint density at radius 1 is 1.03 bits per heavy atom. The van der Waals surface area contributed by atoms with E-state index in [4.69, 9.17) is 0 Å². The predicted molar refractivity (Wildman–Crippen MR) is 128 cm³/mol. The van der Waals surface area contributed by atoms with Crippen LogP contribution in [0.15, 0.2) is 48.5 Å². The van der Waals surface area contributed by atoms with Crippen molar-refractivity contribution >= 4 is 17.5 Å². The fourth-order valence-electron chi connectivity index (χ4n) is 5.09. The zero-order valence-electron chi connectivity index (χ0n) is 19.4. The topological polar surface area (TPSA) is 52.7 Å². The van der Waals surface area contributed by atoms with Crippen molar-refractivity contribution < 1.29 is 14.0 Å². The zero-order chi connectivity index (χ0) is 23.2. The Balaban J connectivity index is 1.73. The Bertz CT molecular complexity index is 967. The van der Waals surface area contributed by atoms with Crippen LogP contribution in [0.4, 0.5) is 10.1 Å². The van der Waals surface area contributed by atoms with Crippen molar-refractivity contribution in [1.82, 2.24) is 10.2 Å². The molecule has 0 radical (unpaired) electrons. The summed E-state index contributed by atoms with van der Waals surface area (Å²) in [6.07, 6.45) is 7.43. The van der Waals surface area contributed by atoms with Crippen molar-refractivity contribution in [1.29, 1.82) is 0 Å². The van der Waals surface area contributed by atoms with Crippen molar-refractivity contribution in [2.45, 2.75) is 64.0 Å². The molecule has 0 bridgehead atoms. The number of likely N-dealkylation sites (tertiary alicyclic amines) is 1. The first-order chi connectivity index (χ1) is 16.0. The maximum absolute atomic E-state index is 14.3. The van der Waals surface area contributed by atoms with E-state index in [2.05, 4.69) is 10.2 Å². The van der Waals surface area contributed by atoms with Gasteiger partial charge >= 0.3 is 0 Å². The number of hydrogen-bond donors (Lipinski definition) is 1. The Morgan fingerprint density at radius 3 is 2.45 bits per heavy atom. The van der Waals surface area contributed by atoms with Crippen molar-refractivity contribution in [2.75, 3.05) is 24.5 Å². The molecule has 1 aliphatic carbocycles. The Morgan fingerprint density at radius 2 is 1.76 bits per heavy atom. The fraction of sp³-hybridized carbons (Fsp3) is 0.481. The second kappa shape index (κ2) is 10.9. The molecule has 1 saturated carbocycles. The van der Waals surface area contributed by atoms with Crippen LogP contribution in [0.1, 0.15) is 62.1 Å². The van der Waals surface area contributed by atoms with Gasteiger partial charge in [-0.05, 0) is 75.0 Å². The van der Waals surface area contributed by atoms with Crippen molar-refractivity contribution in [3.05, 3.63) is 65.5 Å². The summed E-state index contributed by atoms with van der Waals surface area (Å²) in [5.74, 6) is -0.813. The number of hydrogen-bond acceptors (Lipinski definition) is 3. The van der Waals surface area contributed by atoms with Crippen LogP contribution in [0.5, 0.6) is 0 Å². The van der Waals surface area contributed by atoms with E-state index in [0.717, 1.165) is 62.7 Å². The molecule has 5 nitrogen and oxygen atoms in total. The van der Waals surface area contributed by atoms with E-state index in [1.54, 1.807) is 12.1 Å². The molecule has 1 aliphatic heterocycles. The molecule has 2 amide bonds. The molecule has 1 saturated heterocycles. The monoisotopic (exact) mass is 451 g/mol. The molecule has 1 heterocycles. The summed E-state index contributed by atoms with van der Waals surface area (Å²) in [6.45, 7) is 3.90. The number of carbonyl (C=O) groups is 2. The van der Waals surface area contributed by atoms with E-state index >= 15 is 0 Å². The van der Waals surface area contributed by atoms with Gasteiger partial charge in [0.2, 0.25) is 11.8 Å². The molecule has 4 rings (SSSR count). The highest BCUT2D eigenvalue weighted by Crippen LogP contribution is 2.31. The molecule has 1 N–H and O–H groups in total. The highest BCUT2D eigenvalue weighted by molar-refractivity contribution is 6.02. The smallest absolute Gasteiger partial charge is 0.248 e. The standard InChI is InChI=1S/C27H34FN3O2/c1-20-10-5-6-15-24(20)26(27(33)29-22-12-3-2-4-13-22)31(23-14-9-11-21(28)18-23)25(32)19-30-16-7-8-17-30/h5-6,9-11,14-15,18,22,26H,2-4,7-8,12-13,16-17,19H2,1H3,(H,29,33). The van der Waals surface area contributed by atoms with Gasteiger partial charge in [-0.3, -0.25) is 19.4 Å². The van der Waals surface area contributed by atoms with E-state index in [-0.39, 0.29) is 24.4 Å². The zero-order valence-corrected chi connectivity index (χ0v) is 19.4. The quantitative estimate of drug-likeness (QED) is 0.661. The van der Waals surface area contributed by atoms with Crippen LogP contribution in [-0.2, 0) is 9.59 Å². The normalized spacial score (nSPS) is 18.1. The second-order valence-electron chi connectivity index (χ2n) is 9.33. The minimum Gasteiger partial charge on any atom is -0.351 e. The molecule has 33 heavy (non-hydrogen) atoms. The van der Waals surface area contributed by atoms with Gasteiger partial charge in [-0.25, -0.2) is 4.39 Å². The molecule has 176 valence electrons. The average molecular weight is 452 g/mol. The lowest BCUT2D eigenvalue weighted by Gasteiger charge is -2.35. The van der Waals surface area contributed by atoms with Crippen molar-refractivity contribution in [3.8, 4) is 0 Å². The van der Waals surface area contributed by atoms with E-state index in [1.165, 1.54) is 23.5 Å². The van der Waals surface area contributed by atoms with Crippen molar-refractivity contribution in [3.63, 3.8) is 0 Å². The summed E-state index contributed by atoms with van der Waals surface area (Å²) in [5.41, 5.74) is 2.10. The molecule has 0 spiro atoms. The average Bonchev–Trinajstić information content (AvgIpc) is 3.31. The third-order valence-corrected chi connectivity index (χ3v) is 6.85. The van der Waals surface area contributed by atoms with Crippen molar-refractivity contribution in [2.24, 2.45) is 0 Å². The first-order valence-electron chi connectivity index (χ1n) is 12.2. The van der Waals surface area contributed by atoms with Crippen LogP contribution in [0.2, 0.25) is 0 Å². The molecular formula is C27H34FN3O2. The molecule has 1 unspecified atom stereocenters. The largest absolute Gasteiger partial charge is 0.351 e. The minimum absolute atomic E-state index is 0.112. The highest BCUT2D eigenvalue weighted by atomic mass is 19.1. The third-order valence-electron chi connectivity index (χ3n) is 6.85. The number of amides is 2. The molecule has 2 aliphatic rings. The summed E-state index contributed by atoms with van der Waals surface area (Å²) in [6, 6.07) is 12.9. The number of aryl methyl sites for hydroxylation is 1. The van der Waals surface area contributed by atoms with Gasteiger partial charge in [0.05, 0.1) is 6.54 Å². The lowest BCUT2D eigenvalue weighted by Crippen LogP contribution is -2.49. The van der Waals surface area contributed by atoms with Crippen LogP contribution >= 0.6 is 0 Å². The number of anilines is 1. The van der Waals surface area contributed by atoms with Crippen LogP contribution in [0.3, 0.4) is 0 Å². The second-order valence-corrected chi connectivity index (χ2v) is 9.33. The van der Waals surface area contributed by atoms with Gasteiger partial charge < -0.3 is 5.32 Å². The molecule has 2 aromatic carbocycles. The van der Waals surface area contributed by atoms with E-state index in [1.807, 2.05) is 31.2 Å². The van der Waals surface area contributed by atoms with E-state index in [0.29, 0.717) is 5.69 Å². The van der Waals surface area contributed by atoms with Gasteiger partial charge in [-0.15, -0.1) is 0 Å². The molecular weight excluding hydrogens is 417 g/mol. The Kier molecular flexibility index (Phi) is 7.76. The van der Waals surface area contributed by atoms with Gasteiger partial charge in [0.15, 0.2) is 0 Å². The lowest BCUT2D eigenvalue weighted by molar-refractivity contribution is -0.127. The maximum atomic E-state index is 14.3. The number of rotatable bonds is 7.